The summed E-state index contributed by atoms with van der Waals surface area (Å²) in [5.41, 5.74) is 5.29. The topological polar surface area (TPSA) is 52.6 Å². The van der Waals surface area contributed by atoms with Gasteiger partial charge in [-0.1, -0.05) is 38.1 Å². The summed E-state index contributed by atoms with van der Waals surface area (Å²) in [6, 6.07) is 11.8. The molecule has 28 heavy (non-hydrogen) atoms. The van der Waals surface area contributed by atoms with Crippen molar-refractivity contribution in [2.24, 2.45) is 0 Å². The fourth-order valence-corrected chi connectivity index (χ4v) is 3.56. The molecule has 0 unspecified atom stereocenters. The molecule has 1 aliphatic rings. The van der Waals surface area contributed by atoms with Crippen LogP contribution in [0.25, 0.3) is 0 Å². The lowest BCUT2D eigenvalue weighted by molar-refractivity contribution is -0.144. The quantitative estimate of drug-likeness (QED) is 0.511. The van der Waals surface area contributed by atoms with E-state index in [1.807, 2.05) is 43.3 Å². The zero-order chi connectivity index (χ0) is 20.1. The molecule has 2 aromatic carbocycles. The van der Waals surface area contributed by atoms with Crippen molar-refractivity contribution in [3.63, 3.8) is 0 Å². The Morgan fingerprint density at radius 2 is 1.71 bits per heavy atom. The Balaban J connectivity index is 1.53. The van der Waals surface area contributed by atoms with Crippen LogP contribution in [0.3, 0.4) is 0 Å². The van der Waals surface area contributed by atoms with Gasteiger partial charge in [-0.15, -0.1) is 0 Å². The predicted octanol–water partition coefficient (Wildman–Crippen LogP) is 4.80. The van der Waals surface area contributed by atoms with Gasteiger partial charge in [0, 0.05) is 5.56 Å². The Morgan fingerprint density at radius 3 is 2.46 bits per heavy atom. The van der Waals surface area contributed by atoms with Crippen LogP contribution >= 0.6 is 0 Å². The molecule has 1 aliphatic carbocycles. The fraction of sp³-hybridized carbons (Fsp3) is 0.417. The summed E-state index contributed by atoms with van der Waals surface area (Å²) in [5.74, 6) is 0.257. The maximum Gasteiger partial charge on any atom is 0.344 e. The summed E-state index contributed by atoms with van der Waals surface area (Å²) in [4.78, 5) is 24.4. The van der Waals surface area contributed by atoms with Crippen LogP contribution in [-0.2, 0) is 22.4 Å². The van der Waals surface area contributed by atoms with Gasteiger partial charge in [0.25, 0.3) is 0 Å². The Labute approximate surface area is 166 Å². The number of carbonyl (C=O) groups is 2. The van der Waals surface area contributed by atoms with Crippen molar-refractivity contribution >= 4 is 11.8 Å². The highest BCUT2D eigenvalue weighted by Gasteiger charge is 2.15. The molecule has 4 heteroatoms. The average molecular weight is 380 g/mol. The Hall–Kier alpha value is -2.62. The summed E-state index contributed by atoms with van der Waals surface area (Å²) >= 11 is 0. The van der Waals surface area contributed by atoms with Gasteiger partial charge >= 0.3 is 5.97 Å². The standard InChI is InChI=1S/C24H28O4/c1-16(2)21-11-8-17(3)12-23(21)27-15-24(26)28-14-22(25)20-10-9-18-6-4-5-7-19(18)13-20/h8-13,16H,4-7,14-15H2,1-3H3. The number of carbonyl (C=O) groups excluding carboxylic acids is 2. The number of Topliss-reactive ketones (excluding diaryl/α,β-unsaturated/α-hetero) is 1. The van der Waals surface area contributed by atoms with E-state index in [2.05, 4.69) is 13.8 Å². The number of rotatable bonds is 7. The minimum absolute atomic E-state index is 0.180. The molecule has 0 aliphatic heterocycles. The molecule has 3 rings (SSSR count). The molecule has 0 atom stereocenters. The lowest BCUT2D eigenvalue weighted by Crippen LogP contribution is -2.20. The minimum Gasteiger partial charge on any atom is -0.482 e. The van der Waals surface area contributed by atoms with Gasteiger partial charge in [0.05, 0.1) is 0 Å². The molecular weight excluding hydrogens is 352 g/mol. The number of hydrogen-bond donors (Lipinski definition) is 0. The second-order valence-electron chi connectivity index (χ2n) is 7.76. The number of esters is 1. The van der Waals surface area contributed by atoms with Crippen LogP contribution in [0.5, 0.6) is 5.75 Å². The molecular formula is C24H28O4. The Bertz CT molecular complexity index is 867. The molecule has 0 saturated heterocycles. The van der Waals surface area contributed by atoms with E-state index in [1.165, 1.54) is 17.5 Å². The molecule has 0 aromatic heterocycles. The van der Waals surface area contributed by atoms with Crippen molar-refractivity contribution in [2.45, 2.75) is 52.4 Å². The molecule has 0 saturated carbocycles. The van der Waals surface area contributed by atoms with Crippen LogP contribution in [0, 0.1) is 6.92 Å². The third-order valence-electron chi connectivity index (χ3n) is 5.17. The lowest BCUT2D eigenvalue weighted by atomic mass is 9.90. The highest BCUT2D eigenvalue weighted by molar-refractivity contribution is 5.98. The first-order chi connectivity index (χ1) is 13.4. The first-order valence-corrected chi connectivity index (χ1v) is 9.98. The molecule has 0 bridgehead atoms. The van der Waals surface area contributed by atoms with E-state index in [1.54, 1.807) is 0 Å². The fourth-order valence-electron chi connectivity index (χ4n) is 3.56. The summed E-state index contributed by atoms with van der Waals surface area (Å²) in [7, 11) is 0. The number of benzene rings is 2. The molecule has 148 valence electrons. The lowest BCUT2D eigenvalue weighted by Gasteiger charge is -2.16. The van der Waals surface area contributed by atoms with Gasteiger partial charge in [0.1, 0.15) is 5.75 Å². The normalized spacial score (nSPS) is 13.1. The SMILES string of the molecule is Cc1ccc(C(C)C)c(OCC(=O)OCC(=O)c2ccc3c(c2)CCCC3)c1. The second-order valence-corrected chi connectivity index (χ2v) is 7.76. The summed E-state index contributed by atoms with van der Waals surface area (Å²) < 4.78 is 10.8. The maximum atomic E-state index is 12.4. The number of aryl methyl sites for hydroxylation is 3. The van der Waals surface area contributed by atoms with E-state index >= 15 is 0 Å². The largest absolute Gasteiger partial charge is 0.482 e. The van der Waals surface area contributed by atoms with Crippen molar-refractivity contribution in [3.8, 4) is 5.75 Å². The van der Waals surface area contributed by atoms with Gasteiger partial charge in [-0.3, -0.25) is 4.79 Å². The van der Waals surface area contributed by atoms with Crippen molar-refractivity contribution in [2.75, 3.05) is 13.2 Å². The highest BCUT2D eigenvalue weighted by Crippen LogP contribution is 2.27. The van der Waals surface area contributed by atoms with Crippen molar-refractivity contribution in [1.29, 1.82) is 0 Å². The summed E-state index contributed by atoms with van der Waals surface area (Å²) in [6.45, 7) is 5.67. The monoisotopic (exact) mass is 380 g/mol. The summed E-state index contributed by atoms with van der Waals surface area (Å²) in [6.07, 6.45) is 4.46. The Kier molecular flexibility index (Phi) is 6.50. The third kappa shape index (κ3) is 5.00. The van der Waals surface area contributed by atoms with Crippen LogP contribution in [0.2, 0.25) is 0 Å². The minimum atomic E-state index is -0.539. The van der Waals surface area contributed by atoms with E-state index in [9.17, 15) is 9.59 Å². The van der Waals surface area contributed by atoms with Gasteiger partial charge in [0.2, 0.25) is 0 Å². The van der Waals surface area contributed by atoms with Gasteiger partial charge in [0.15, 0.2) is 19.0 Å². The molecule has 0 N–H and O–H groups in total. The van der Waals surface area contributed by atoms with Gasteiger partial charge < -0.3 is 9.47 Å². The molecule has 0 radical (unpaired) electrons. The molecule has 4 nitrogen and oxygen atoms in total. The van der Waals surface area contributed by atoms with Crippen molar-refractivity contribution in [1.82, 2.24) is 0 Å². The summed E-state index contributed by atoms with van der Waals surface area (Å²) in [5, 5.41) is 0. The van der Waals surface area contributed by atoms with Gasteiger partial charge in [-0.2, -0.15) is 0 Å². The first-order valence-electron chi connectivity index (χ1n) is 9.98. The van der Waals surface area contributed by atoms with Crippen LogP contribution in [0.4, 0.5) is 0 Å². The van der Waals surface area contributed by atoms with E-state index in [-0.39, 0.29) is 24.9 Å². The number of ketones is 1. The number of ether oxygens (including phenoxy) is 2. The molecule has 2 aromatic rings. The van der Waals surface area contributed by atoms with Crippen molar-refractivity contribution < 1.29 is 19.1 Å². The maximum absolute atomic E-state index is 12.4. The first kappa shape index (κ1) is 20.1. The van der Waals surface area contributed by atoms with Gasteiger partial charge in [-0.05, 0) is 72.9 Å². The second kappa shape index (κ2) is 9.05. The number of fused-ring (bicyclic) bond motifs is 1. The van der Waals surface area contributed by atoms with Crippen LogP contribution < -0.4 is 4.74 Å². The van der Waals surface area contributed by atoms with Crippen LogP contribution in [0.1, 0.15) is 65.2 Å². The van der Waals surface area contributed by atoms with Gasteiger partial charge in [-0.25, -0.2) is 4.79 Å². The van der Waals surface area contributed by atoms with Crippen molar-refractivity contribution in [3.05, 3.63) is 64.2 Å². The van der Waals surface area contributed by atoms with E-state index in [0.29, 0.717) is 11.3 Å². The Morgan fingerprint density at radius 1 is 0.964 bits per heavy atom. The molecule has 0 amide bonds. The van der Waals surface area contributed by atoms with E-state index in [4.69, 9.17) is 9.47 Å². The number of hydrogen-bond acceptors (Lipinski definition) is 4. The smallest absolute Gasteiger partial charge is 0.344 e. The predicted molar refractivity (Wildman–Crippen MR) is 109 cm³/mol. The molecule has 0 fully saturated rings. The average Bonchev–Trinajstić information content (AvgIpc) is 2.69. The molecule has 0 heterocycles. The van der Waals surface area contributed by atoms with Crippen LogP contribution in [-0.4, -0.2) is 25.0 Å². The third-order valence-corrected chi connectivity index (χ3v) is 5.17. The van der Waals surface area contributed by atoms with Crippen LogP contribution in [0.15, 0.2) is 36.4 Å². The van der Waals surface area contributed by atoms with E-state index < -0.39 is 5.97 Å². The zero-order valence-corrected chi connectivity index (χ0v) is 16.9. The highest BCUT2D eigenvalue weighted by atomic mass is 16.6. The zero-order valence-electron chi connectivity index (χ0n) is 16.9. The molecule has 0 spiro atoms. The van der Waals surface area contributed by atoms with E-state index in [0.717, 1.165) is 30.4 Å².